The van der Waals surface area contributed by atoms with Crippen molar-refractivity contribution in [2.24, 2.45) is 0 Å². The van der Waals surface area contributed by atoms with E-state index in [-0.39, 0.29) is 6.04 Å². The standard InChI is InChI=1S/C12H13Cl2N3O/c1-3-15-7(2)11-16-17-12(18-11)8-4-5-9(13)10(14)6-8/h4-7,15H,3H2,1-2H3. The van der Waals surface area contributed by atoms with E-state index in [1.54, 1.807) is 18.2 Å². The number of halogens is 2. The van der Waals surface area contributed by atoms with E-state index >= 15 is 0 Å². The fourth-order valence-electron chi connectivity index (χ4n) is 1.55. The van der Waals surface area contributed by atoms with Crippen molar-refractivity contribution in [3.63, 3.8) is 0 Å². The molecule has 0 bridgehead atoms. The summed E-state index contributed by atoms with van der Waals surface area (Å²) in [6.45, 7) is 4.83. The average molecular weight is 286 g/mol. The first-order chi connectivity index (χ1) is 8.61. The van der Waals surface area contributed by atoms with Crippen molar-refractivity contribution >= 4 is 23.2 Å². The summed E-state index contributed by atoms with van der Waals surface area (Å²) in [4.78, 5) is 0. The summed E-state index contributed by atoms with van der Waals surface area (Å²) >= 11 is 11.8. The lowest BCUT2D eigenvalue weighted by Crippen LogP contribution is -2.17. The Hall–Kier alpha value is -1.10. The Morgan fingerprint density at radius 3 is 2.72 bits per heavy atom. The molecule has 18 heavy (non-hydrogen) atoms. The second kappa shape index (κ2) is 5.69. The van der Waals surface area contributed by atoms with Crippen molar-refractivity contribution in [1.29, 1.82) is 0 Å². The molecule has 1 heterocycles. The number of benzene rings is 1. The van der Waals surface area contributed by atoms with Crippen LogP contribution in [0.1, 0.15) is 25.8 Å². The summed E-state index contributed by atoms with van der Waals surface area (Å²) in [6.07, 6.45) is 0. The van der Waals surface area contributed by atoms with Crippen molar-refractivity contribution in [1.82, 2.24) is 15.5 Å². The Bertz CT molecular complexity index is 542. The molecule has 0 saturated heterocycles. The number of nitrogens with one attached hydrogen (secondary N) is 1. The second-order valence-electron chi connectivity index (χ2n) is 3.85. The zero-order valence-corrected chi connectivity index (χ0v) is 11.6. The molecule has 2 aromatic rings. The number of hydrogen-bond acceptors (Lipinski definition) is 4. The van der Waals surface area contributed by atoms with Gasteiger partial charge in [0.25, 0.3) is 0 Å². The lowest BCUT2D eigenvalue weighted by molar-refractivity contribution is 0.429. The van der Waals surface area contributed by atoms with Gasteiger partial charge in [-0.15, -0.1) is 10.2 Å². The zero-order chi connectivity index (χ0) is 13.1. The first-order valence-electron chi connectivity index (χ1n) is 5.64. The maximum atomic E-state index is 5.95. The van der Waals surface area contributed by atoms with Gasteiger partial charge in [0.2, 0.25) is 11.8 Å². The van der Waals surface area contributed by atoms with E-state index in [0.29, 0.717) is 21.8 Å². The summed E-state index contributed by atoms with van der Waals surface area (Å²) in [6, 6.07) is 5.23. The molecule has 6 heteroatoms. The van der Waals surface area contributed by atoms with Gasteiger partial charge in [-0.2, -0.15) is 0 Å². The predicted molar refractivity (Wildman–Crippen MR) is 71.8 cm³/mol. The van der Waals surface area contributed by atoms with Crippen LogP contribution in [0.15, 0.2) is 22.6 Å². The number of rotatable bonds is 4. The largest absolute Gasteiger partial charge is 0.419 e. The third-order valence-corrected chi connectivity index (χ3v) is 3.23. The van der Waals surface area contributed by atoms with Crippen molar-refractivity contribution in [2.45, 2.75) is 19.9 Å². The molecule has 0 fully saturated rings. The van der Waals surface area contributed by atoms with Crippen molar-refractivity contribution in [2.75, 3.05) is 6.54 Å². The fraction of sp³-hybridized carbons (Fsp3) is 0.333. The molecule has 0 amide bonds. The minimum Gasteiger partial charge on any atom is -0.419 e. The molecule has 0 spiro atoms. The van der Waals surface area contributed by atoms with Crippen LogP contribution in [0.2, 0.25) is 10.0 Å². The topological polar surface area (TPSA) is 51.0 Å². The van der Waals surface area contributed by atoms with Crippen LogP contribution in [0.25, 0.3) is 11.5 Å². The van der Waals surface area contributed by atoms with Crippen LogP contribution in [0, 0.1) is 0 Å². The molecule has 1 aromatic heterocycles. The lowest BCUT2D eigenvalue weighted by atomic mass is 10.2. The van der Waals surface area contributed by atoms with Gasteiger partial charge in [0.1, 0.15) is 0 Å². The molecule has 0 aliphatic heterocycles. The maximum absolute atomic E-state index is 5.95. The summed E-state index contributed by atoms with van der Waals surface area (Å²) in [5, 5.41) is 12.2. The van der Waals surface area contributed by atoms with E-state index in [1.807, 2.05) is 13.8 Å². The minimum atomic E-state index is 0.0269. The molecule has 0 aliphatic rings. The van der Waals surface area contributed by atoms with E-state index < -0.39 is 0 Å². The Balaban J connectivity index is 2.26. The predicted octanol–water partition coefficient (Wildman–Crippen LogP) is 3.71. The molecule has 1 unspecified atom stereocenters. The smallest absolute Gasteiger partial charge is 0.247 e. The Kier molecular flexibility index (Phi) is 4.22. The highest BCUT2D eigenvalue weighted by Gasteiger charge is 2.14. The van der Waals surface area contributed by atoms with Crippen LogP contribution in [-0.4, -0.2) is 16.7 Å². The summed E-state index contributed by atoms with van der Waals surface area (Å²) in [7, 11) is 0. The monoisotopic (exact) mass is 285 g/mol. The minimum absolute atomic E-state index is 0.0269. The molecule has 4 nitrogen and oxygen atoms in total. The Morgan fingerprint density at radius 2 is 2.06 bits per heavy atom. The molecule has 1 aromatic carbocycles. The third kappa shape index (κ3) is 2.83. The number of hydrogen-bond donors (Lipinski definition) is 1. The number of nitrogens with zero attached hydrogens (tertiary/aromatic N) is 2. The lowest BCUT2D eigenvalue weighted by Gasteiger charge is -2.05. The van der Waals surface area contributed by atoms with E-state index in [1.165, 1.54) is 0 Å². The van der Waals surface area contributed by atoms with Crippen LogP contribution in [0.5, 0.6) is 0 Å². The number of aromatic nitrogens is 2. The van der Waals surface area contributed by atoms with Gasteiger partial charge in [-0.3, -0.25) is 0 Å². The quantitative estimate of drug-likeness (QED) is 0.930. The van der Waals surface area contributed by atoms with E-state index in [2.05, 4.69) is 15.5 Å². The maximum Gasteiger partial charge on any atom is 0.247 e. The molecule has 0 saturated carbocycles. The van der Waals surface area contributed by atoms with Gasteiger partial charge in [0, 0.05) is 5.56 Å². The molecule has 0 radical (unpaired) electrons. The average Bonchev–Trinajstić information content (AvgIpc) is 2.82. The van der Waals surface area contributed by atoms with Crippen LogP contribution in [0.4, 0.5) is 0 Å². The SMILES string of the molecule is CCNC(C)c1nnc(-c2ccc(Cl)c(Cl)c2)o1. The first kappa shape index (κ1) is 13.3. The van der Waals surface area contributed by atoms with Gasteiger partial charge in [-0.05, 0) is 31.7 Å². The Morgan fingerprint density at radius 1 is 1.28 bits per heavy atom. The van der Waals surface area contributed by atoms with Gasteiger partial charge in [0.05, 0.1) is 16.1 Å². The molecule has 96 valence electrons. The second-order valence-corrected chi connectivity index (χ2v) is 4.67. The van der Waals surface area contributed by atoms with Gasteiger partial charge in [-0.1, -0.05) is 30.1 Å². The van der Waals surface area contributed by atoms with Crippen molar-refractivity contribution in [3.8, 4) is 11.5 Å². The van der Waals surface area contributed by atoms with Crippen molar-refractivity contribution in [3.05, 3.63) is 34.1 Å². The molecule has 1 atom stereocenters. The van der Waals surface area contributed by atoms with Crippen LogP contribution < -0.4 is 5.32 Å². The normalized spacial score (nSPS) is 12.7. The molecule has 1 N–H and O–H groups in total. The van der Waals surface area contributed by atoms with E-state index in [0.717, 1.165) is 12.1 Å². The van der Waals surface area contributed by atoms with Gasteiger partial charge >= 0.3 is 0 Å². The van der Waals surface area contributed by atoms with Crippen LogP contribution >= 0.6 is 23.2 Å². The van der Waals surface area contributed by atoms with Gasteiger partial charge in [-0.25, -0.2) is 0 Å². The van der Waals surface area contributed by atoms with E-state index in [4.69, 9.17) is 27.6 Å². The molecular weight excluding hydrogens is 273 g/mol. The summed E-state index contributed by atoms with van der Waals surface area (Å²) < 4.78 is 5.59. The van der Waals surface area contributed by atoms with Crippen LogP contribution in [-0.2, 0) is 0 Å². The molecule has 0 aliphatic carbocycles. The van der Waals surface area contributed by atoms with E-state index in [9.17, 15) is 0 Å². The summed E-state index contributed by atoms with van der Waals surface area (Å²) in [5.41, 5.74) is 0.756. The third-order valence-electron chi connectivity index (χ3n) is 2.49. The van der Waals surface area contributed by atoms with Gasteiger partial charge < -0.3 is 9.73 Å². The molecular formula is C12H13Cl2N3O. The molecule has 2 rings (SSSR count). The van der Waals surface area contributed by atoms with Crippen LogP contribution in [0.3, 0.4) is 0 Å². The van der Waals surface area contributed by atoms with Crippen molar-refractivity contribution < 1.29 is 4.42 Å². The summed E-state index contributed by atoms with van der Waals surface area (Å²) in [5.74, 6) is 0.992. The zero-order valence-electron chi connectivity index (χ0n) is 10.1. The highest BCUT2D eigenvalue weighted by Crippen LogP contribution is 2.28. The highest BCUT2D eigenvalue weighted by atomic mass is 35.5. The highest BCUT2D eigenvalue weighted by molar-refractivity contribution is 6.42. The fourth-order valence-corrected chi connectivity index (χ4v) is 1.85. The van der Waals surface area contributed by atoms with Gasteiger partial charge in [0.15, 0.2) is 0 Å². The Labute approximate surface area is 115 Å². The first-order valence-corrected chi connectivity index (χ1v) is 6.39.